The van der Waals surface area contributed by atoms with Crippen molar-refractivity contribution in [2.75, 3.05) is 19.8 Å². The largest absolute Gasteiger partial charge is 0.379 e. The van der Waals surface area contributed by atoms with E-state index in [1.807, 2.05) is 0 Å². The minimum atomic E-state index is -0.157. The van der Waals surface area contributed by atoms with Crippen molar-refractivity contribution in [3.8, 4) is 0 Å². The van der Waals surface area contributed by atoms with Crippen molar-refractivity contribution in [2.45, 2.75) is 20.8 Å². The Balaban J connectivity index is 2.36. The number of carbonyl (C=O) groups is 1. The molecule has 1 rings (SSSR count). The van der Waals surface area contributed by atoms with Gasteiger partial charge in [-0.3, -0.25) is 4.79 Å². The molecule has 0 aliphatic rings. The van der Waals surface area contributed by atoms with Crippen molar-refractivity contribution >= 4 is 17.5 Å². The van der Waals surface area contributed by atoms with Gasteiger partial charge in [0.2, 0.25) is 0 Å². The number of halogens is 1. The molecule has 5 heteroatoms. The van der Waals surface area contributed by atoms with Gasteiger partial charge < -0.3 is 10.1 Å². The number of ether oxygens (including phenoxy) is 1. The number of hydrogen-bond donors (Lipinski definition) is 1. The summed E-state index contributed by atoms with van der Waals surface area (Å²) in [5.74, 6) is 0.345. The molecule has 0 atom stereocenters. The first-order chi connectivity index (χ1) is 8.49. The molecule has 0 bridgehead atoms. The lowest BCUT2D eigenvalue weighted by Gasteiger charge is -2.08. The van der Waals surface area contributed by atoms with Crippen molar-refractivity contribution in [2.24, 2.45) is 5.92 Å². The zero-order chi connectivity index (χ0) is 13.5. The average molecular weight is 271 g/mol. The summed E-state index contributed by atoms with van der Waals surface area (Å²) >= 11 is 5.80. The molecule has 18 heavy (non-hydrogen) atoms. The molecular formula is C13H19ClN2O2. The summed E-state index contributed by atoms with van der Waals surface area (Å²) in [7, 11) is 0. The average Bonchev–Trinajstić information content (AvgIpc) is 2.26. The maximum Gasteiger partial charge on any atom is 0.251 e. The maximum absolute atomic E-state index is 11.8. The molecule has 0 unspecified atom stereocenters. The molecule has 0 saturated heterocycles. The fourth-order valence-corrected chi connectivity index (χ4v) is 1.67. The van der Waals surface area contributed by atoms with Gasteiger partial charge in [-0.1, -0.05) is 25.4 Å². The summed E-state index contributed by atoms with van der Waals surface area (Å²) in [6, 6.07) is 3.26. The summed E-state index contributed by atoms with van der Waals surface area (Å²) in [5.41, 5.74) is 1.25. The van der Waals surface area contributed by atoms with E-state index in [1.54, 1.807) is 19.1 Å². The van der Waals surface area contributed by atoms with E-state index in [2.05, 4.69) is 24.1 Å². The van der Waals surface area contributed by atoms with Crippen molar-refractivity contribution in [3.05, 3.63) is 28.5 Å². The number of nitrogens with one attached hydrogen (secondary N) is 1. The number of amides is 1. The Labute approximate surface area is 113 Å². The fourth-order valence-electron chi connectivity index (χ4n) is 1.42. The van der Waals surface area contributed by atoms with E-state index >= 15 is 0 Å². The van der Waals surface area contributed by atoms with Crippen LogP contribution in [0, 0.1) is 12.8 Å². The molecule has 0 aliphatic carbocycles. The van der Waals surface area contributed by atoms with Crippen LogP contribution < -0.4 is 5.32 Å². The van der Waals surface area contributed by atoms with Gasteiger partial charge in [-0.2, -0.15) is 0 Å². The molecule has 0 fully saturated rings. The van der Waals surface area contributed by atoms with E-state index in [1.165, 1.54) is 0 Å². The Morgan fingerprint density at radius 3 is 2.83 bits per heavy atom. The molecule has 1 heterocycles. The Morgan fingerprint density at radius 1 is 1.50 bits per heavy atom. The molecule has 1 aromatic rings. The maximum atomic E-state index is 11.8. The summed E-state index contributed by atoms with van der Waals surface area (Å²) in [6.45, 7) is 7.68. The quantitative estimate of drug-likeness (QED) is 0.638. The van der Waals surface area contributed by atoms with Gasteiger partial charge in [0, 0.05) is 24.4 Å². The highest BCUT2D eigenvalue weighted by Gasteiger charge is 2.07. The summed E-state index contributed by atoms with van der Waals surface area (Å²) in [5, 5.41) is 3.11. The molecule has 0 aliphatic heterocycles. The Hall–Kier alpha value is -1.13. The lowest BCUT2D eigenvalue weighted by atomic mass is 10.2. The number of aromatic nitrogens is 1. The number of carbonyl (C=O) groups excluding carboxylic acids is 1. The first-order valence-corrected chi connectivity index (χ1v) is 6.37. The number of nitrogens with zero attached hydrogens (tertiary/aromatic N) is 1. The SMILES string of the molecule is Cc1cc(C(=O)NCCOCC(C)C)cc(Cl)n1. The van der Waals surface area contributed by atoms with E-state index in [9.17, 15) is 4.79 Å². The molecule has 0 spiro atoms. The number of pyridine rings is 1. The Kier molecular flexibility index (Phi) is 6.09. The molecule has 0 saturated carbocycles. The van der Waals surface area contributed by atoms with Crippen molar-refractivity contribution in [1.29, 1.82) is 0 Å². The summed E-state index contributed by atoms with van der Waals surface area (Å²) < 4.78 is 5.38. The fraction of sp³-hybridized carbons (Fsp3) is 0.538. The van der Waals surface area contributed by atoms with Gasteiger partial charge in [-0.25, -0.2) is 4.98 Å². The second kappa shape index (κ2) is 7.34. The van der Waals surface area contributed by atoms with Crippen LogP contribution in [0.3, 0.4) is 0 Å². The van der Waals surface area contributed by atoms with Crippen LogP contribution in [-0.4, -0.2) is 30.6 Å². The van der Waals surface area contributed by atoms with Crippen LogP contribution in [0.25, 0.3) is 0 Å². The van der Waals surface area contributed by atoms with Gasteiger partial charge in [-0.05, 0) is 25.0 Å². The van der Waals surface area contributed by atoms with Crippen molar-refractivity contribution in [3.63, 3.8) is 0 Å². The first-order valence-electron chi connectivity index (χ1n) is 5.99. The van der Waals surface area contributed by atoms with E-state index < -0.39 is 0 Å². The Bertz CT molecular complexity index is 388. The third kappa shape index (κ3) is 5.47. The third-order valence-electron chi connectivity index (χ3n) is 2.17. The molecule has 1 amide bonds. The van der Waals surface area contributed by atoms with E-state index in [0.717, 1.165) is 5.69 Å². The molecule has 1 N–H and O–H groups in total. The second-order valence-corrected chi connectivity index (χ2v) is 4.93. The molecule has 1 aromatic heterocycles. The van der Waals surface area contributed by atoms with Crippen LogP contribution in [0.5, 0.6) is 0 Å². The van der Waals surface area contributed by atoms with Crippen molar-refractivity contribution in [1.82, 2.24) is 10.3 Å². The highest BCUT2D eigenvalue weighted by molar-refractivity contribution is 6.29. The first kappa shape index (κ1) is 14.9. The highest BCUT2D eigenvalue weighted by Crippen LogP contribution is 2.10. The summed E-state index contributed by atoms with van der Waals surface area (Å²) in [4.78, 5) is 15.8. The van der Waals surface area contributed by atoms with Gasteiger partial charge in [0.15, 0.2) is 0 Å². The molecular weight excluding hydrogens is 252 g/mol. The second-order valence-electron chi connectivity index (χ2n) is 4.54. The third-order valence-corrected chi connectivity index (χ3v) is 2.36. The predicted molar refractivity (Wildman–Crippen MR) is 72.0 cm³/mol. The molecule has 0 radical (unpaired) electrons. The number of aryl methyl sites for hydroxylation is 1. The lowest BCUT2D eigenvalue weighted by Crippen LogP contribution is -2.27. The van der Waals surface area contributed by atoms with Crippen LogP contribution in [0.2, 0.25) is 5.15 Å². The van der Waals surface area contributed by atoms with Crippen molar-refractivity contribution < 1.29 is 9.53 Å². The van der Waals surface area contributed by atoms with Gasteiger partial charge >= 0.3 is 0 Å². The Morgan fingerprint density at radius 2 is 2.22 bits per heavy atom. The van der Waals surface area contributed by atoms with Gasteiger partial charge in [0.1, 0.15) is 5.15 Å². The predicted octanol–water partition coefficient (Wildman–Crippen LogP) is 2.45. The van der Waals surface area contributed by atoms with Gasteiger partial charge in [-0.15, -0.1) is 0 Å². The van der Waals surface area contributed by atoms with Crippen LogP contribution in [-0.2, 0) is 4.74 Å². The van der Waals surface area contributed by atoms with Crippen LogP contribution in [0.4, 0.5) is 0 Å². The van der Waals surface area contributed by atoms with Crippen LogP contribution in [0.1, 0.15) is 29.9 Å². The standard InChI is InChI=1S/C13H19ClN2O2/c1-9(2)8-18-5-4-15-13(17)11-6-10(3)16-12(14)7-11/h6-7,9H,4-5,8H2,1-3H3,(H,15,17). The van der Waals surface area contributed by atoms with E-state index in [0.29, 0.717) is 36.4 Å². The summed E-state index contributed by atoms with van der Waals surface area (Å²) in [6.07, 6.45) is 0. The van der Waals surface area contributed by atoms with Gasteiger partial charge in [0.25, 0.3) is 5.91 Å². The highest BCUT2D eigenvalue weighted by atomic mass is 35.5. The molecule has 0 aromatic carbocycles. The number of rotatable bonds is 6. The number of hydrogen-bond acceptors (Lipinski definition) is 3. The van der Waals surface area contributed by atoms with E-state index in [-0.39, 0.29) is 5.91 Å². The smallest absolute Gasteiger partial charge is 0.251 e. The normalized spacial score (nSPS) is 10.7. The van der Waals surface area contributed by atoms with Crippen LogP contribution in [0.15, 0.2) is 12.1 Å². The lowest BCUT2D eigenvalue weighted by molar-refractivity contribution is 0.0886. The monoisotopic (exact) mass is 270 g/mol. The van der Waals surface area contributed by atoms with Gasteiger partial charge in [0.05, 0.1) is 6.61 Å². The molecule has 4 nitrogen and oxygen atoms in total. The molecule has 100 valence electrons. The zero-order valence-corrected chi connectivity index (χ0v) is 11.8. The minimum absolute atomic E-state index is 0.157. The minimum Gasteiger partial charge on any atom is -0.379 e. The van der Waals surface area contributed by atoms with Crippen LogP contribution >= 0.6 is 11.6 Å². The van der Waals surface area contributed by atoms with E-state index in [4.69, 9.17) is 16.3 Å². The zero-order valence-electron chi connectivity index (χ0n) is 11.0. The topological polar surface area (TPSA) is 51.2 Å².